The van der Waals surface area contributed by atoms with Gasteiger partial charge >= 0.3 is 0 Å². The number of benzene rings is 2. The van der Waals surface area contributed by atoms with Gasteiger partial charge in [-0.15, -0.1) is 0 Å². The molecule has 0 amide bonds. The van der Waals surface area contributed by atoms with E-state index in [2.05, 4.69) is 44.4 Å². The number of aldehydes is 1. The third-order valence-corrected chi connectivity index (χ3v) is 7.27. The molecule has 5 rings (SSSR count). The minimum Gasteiger partial charge on any atom is -0.508 e. The average molecular weight is 460 g/mol. The number of aromatic nitrogens is 2. The molecule has 2 aromatic carbocycles. The van der Waals surface area contributed by atoms with E-state index in [0.29, 0.717) is 24.2 Å². The number of rotatable bonds is 6. The van der Waals surface area contributed by atoms with Gasteiger partial charge in [-0.2, -0.15) is 0 Å². The molecule has 1 aliphatic carbocycles. The van der Waals surface area contributed by atoms with Crippen LogP contribution in [0.3, 0.4) is 0 Å². The number of aromatic hydroxyl groups is 1. The van der Waals surface area contributed by atoms with Crippen molar-refractivity contribution in [3.8, 4) is 5.75 Å². The first-order valence-corrected chi connectivity index (χ1v) is 12.4. The Balaban J connectivity index is 1.35. The molecular formula is C27H33N5O2. The minimum absolute atomic E-state index is 0.357. The van der Waals surface area contributed by atoms with Crippen molar-refractivity contribution >= 4 is 34.5 Å². The van der Waals surface area contributed by atoms with Gasteiger partial charge in [0.25, 0.3) is 0 Å². The molecule has 178 valence electrons. The first-order valence-electron chi connectivity index (χ1n) is 12.4. The van der Waals surface area contributed by atoms with Gasteiger partial charge in [0.15, 0.2) is 0 Å². The average Bonchev–Trinajstić information content (AvgIpc) is 3.25. The van der Waals surface area contributed by atoms with Crippen molar-refractivity contribution in [1.82, 2.24) is 14.9 Å². The topological polar surface area (TPSA) is 81.6 Å². The maximum Gasteiger partial charge on any atom is 0.227 e. The second-order valence-corrected chi connectivity index (χ2v) is 9.54. The zero-order valence-electron chi connectivity index (χ0n) is 19.8. The van der Waals surface area contributed by atoms with Crippen LogP contribution >= 0.6 is 0 Å². The van der Waals surface area contributed by atoms with E-state index in [9.17, 15) is 9.90 Å². The van der Waals surface area contributed by atoms with Crippen molar-refractivity contribution < 1.29 is 9.90 Å². The fourth-order valence-corrected chi connectivity index (χ4v) is 5.44. The van der Waals surface area contributed by atoms with Gasteiger partial charge in [-0.3, -0.25) is 4.90 Å². The van der Waals surface area contributed by atoms with E-state index < -0.39 is 0 Å². The summed E-state index contributed by atoms with van der Waals surface area (Å²) in [5.41, 5.74) is 4.95. The summed E-state index contributed by atoms with van der Waals surface area (Å²) in [5, 5.41) is 15.1. The Morgan fingerprint density at radius 1 is 1.09 bits per heavy atom. The highest BCUT2D eigenvalue weighted by atomic mass is 16.3. The molecule has 0 radical (unpaired) electrons. The van der Waals surface area contributed by atoms with Crippen LogP contribution in [0.1, 0.15) is 49.1 Å². The van der Waals surface area contributed by atoms with Crippen LogP contribution in [0.2, 0.25) is 0 Å². The Morgan fingerprint density at radius 3 is 2.65 bits per heavy atom. The monoisotopic (exact) mass is 459 g/mol. The molecule has 0 bridgehead atoms. The highest BCUT2D eigenvalue weighted by molar-refractivity contribution is 5.88. The summed E-state index contributed by atoms with van der Waals surface area (Å²) >= 11 is 0. The molecule has 2 heterocycles. The number of phenolic OH excluding ortho intramolecular Hbond substituents is 1. The molecule has 1 aliphatic heterocycles. The Morgan fingerprint density at radius 2 is 1.88 bits per heavy atom. The Kier molecular flexibility index (Phi) is 6.63. The maximum absolute atomic E-state index is 10.8. The van der Waals surface area contributed by atoms with Crippen molar-refractivity contribution in [3.63, 3.8) is 0 Å². The number of carbonyl (C=O) groups excluding carboxylic acids is 1. The fourth-order valence-electron chi connectivity index (χ4n) is 5.44. The molecule has 34 heavy (non-hydrogen) atoms. The third kappa shape index (κ3) is 4.71. The summed E-state index contributed by atoms with van der Waals surface area (Å²) in [4.78, 5) is 24.8. The Labute approximate surface area is 200 Å². The normalized spacial score (nSPS) is 17.7. The van der Waals surface area contributed by atoms with E-state index >= 15 is 0 Å². The van der Waals surface area contributed by atoms with Crippen LogP contribution in [0, 0.1) is 6.92 Å². The maximum atomic E-state index is 10.8. The predicted octanol–water partition coefficient (Wildman–Crippen LogP) is 4.76. The molecule has 2 fully saturated rings. The van der Waals surface area contributed by atoms with E-state index in [4.69, 9.17) is 4.98 Å². The summed E-state index contributed by atoms with van der Waals surface area (Å²) in [6, 6.07) is 10.2. The highest BCUT2D eigenvalue weighted by Crippen LogP contribution is 2.42. The lowest BCUT2D eigenvalue weighted by Gasteiger charge is -2.23. The second-order valence-electron chi connectivity index (χ2n) is 9.54. The van der Waals surface area contributed by atoms with E-state index in [1.54, 1.807) is 0 Å². The number of anilines is 3. The molecule has 7 nitrogen and oxygen atoms in total. The first-order chi connectivity index (χ1) is 16.6. The Bertz CT molecular complexity index is 1160. The lowest BCUT2D eigenvalue weighted by atomic mass is 9.92. The smallest absolute Gasteiger partial charge is 0.227 e. The zero-order chi connectivity index (χ0) is 23.5. The molecule has 2 aliphatic rings. The summed E-state index contributed by atoms with van der Waals surface area (Å²) in [5.74, 6) is 1.26. The van der Waals surface area contributed by atoms with Crippen molar-refractivity contribution in [2.75, 3.05) is 42.9 Å². The third-order valence-electron chi connectivity index (χ3n) is 7.27. The molecule has 0 spiro atoms. The van der Waals surface area contributed by atoms with Crippen molar-refractivity contribution in [1.29, 1.82) is 0 Å². The minimum atomic E-state index is 0.357. The van der Waals surface area contributed by atoms with Gasteiger partial charge in [-0.25, -0.2) is 9.97 Å². The van der Waals surface area contributed by atoms with Crippen molar-refractivity contribution in [2.24, 2.45) is 0 Å². The van der Waals surface area contributed by atoms with Gasteiger partial charge in [0.2, 0.25) is 5.95 Å². The highest BCUT2D eigenvalue weighted by Gasteiger charge is 2.24. The van der Waals surface area contributed by atoms with E-state index in [1.807, 2.05) is 19.2 Å². The van der Waals surface area contributed by atoms with Crippen LogP contribution in [0.25, 0.3) is 10.9 Å². The lowest BCUT2D eigenvalue weighted by molar-refractivity contribution is -0.108. The number of carbonyl (C=O) groups is 1. The molecule has 3 aromatic rings. The van der Waals surface area contributed by atoms with Crippen molar-refractivity contribution in [2.45, 2.75) is 44.9 Å². The quantitative estimate of drug-likeness (QED) is 0.515. The predicted molar refractivity (Wildman–Crippen MR) is 136 cm³/mol. The van der Waals surface area contributed by atoms with Crippen LogP contribution in [0.4, 0.5) is 17.3 Å². The molecule has 2 N–H and O–H groups in total. The fraction of sp³-hybridized carbons (Fsp3) is 0.444. The summed E-state index contributed by atoms with van der Waals surface area (Å²) < 4.78 is 0. The van der Waals surface area contributed by atoms with Gasteiger partial charge in [0.05, 0.1) is 12.1 Å². The molecule has 1 saturated carbocycles. The summed E-state index contributed by atoms with van der Waals surface area (Å²) in [7, 11) is 0. The summed E-state index contributed by atoms with van der Waals surface area (Å²) in [6.45, 7) is 6.29. The number of nitrogens with one attached hydrogen (secondary N) is 1. The van der Waals surface area contributed by atoms with E-state index in [0.717, 1.165) is 79.4 Å². The number of hydrogen-bond donors (Lipinski definition) is 2. The number of phenols is 1. The van der Waals surface area contributed by atoms with Crippen LogP contribution in [-0.4, -0.2) is 59.0 Å². The number of nitrogens with zero attached hydrogens (tertiary/aromatic N) is 4. The van der Waals surface area contributed by atoms with Gasteiger partial charge in [0, 0.05) is 54.7 Å². The molecule has 1 aromatic heterocycles. The number of hydrogen-bond acceptors (Lipinski definition) is 7. The standard InChI is InChI=1S/C27H33N5O2/c1-19-17-24(34)25(20-5-2-3-6-20)26-23(19)18-28-27(30-26)29-21-7-9-22(10-8-21)32-12-4-11-31(13-14-32)15-16-33/h7-10,16-18,20,34H,2-6,11-15H2,1H3,(H,28,29,30). The van der Waals surface area contributed by atoms with Crippen LogP contribution in [0.5, 0.6) is 5.75 Å². The lowest BCUT2D eigenvalue weighted by Crippen LogP contribution is -2.31. The number of aryl methyl sites for hydroxylation is 1. The van der Waals surface area contributed by atoms with E-state index in [-0.39, 0.29) is 0 Å². The molecule has 1 saturated heterocycles. The summed E-state index contributed by atoms with van der Waals surface area (Å²) in [6.07, 6.45) is 8.52. The zero-order valence-corrected chi connectivity index (χ0v) is 19.8. The van der Waals surface area contributed by atoms with E-state index in [1.165, 1.54) is 18.5 Å². The first kappa shape index (κ1) is 22.6. The van der Waals surface area contributed by atoms with Gasteiger partial charge < -0.3 is 20.1 Å². The molecule has 0 atom stereocenters. The van der Waals surface area contributed by atoms with Crippen molar-refractivity contribution in [3.05, 3.63) is 47.7 Å². The molecular weight excluding hydrogens is 426 g/mol. The van der Waals surface area contributed by atoms with Gasteiger partial charge in [-0.1, -0.05) is 12.8 Å². The largest absolute Gasteiger partial charge is 0.508 e. The second kappa shape index (κ2) is 9.97. The van der Waals surface area contributed by atoms with Gasteiger partial charge in [0.1, 0.15) is 12.0 Å². The Hall–Kier alpha value is -3.19. The number of fused-ring (bicyclic) bond motifs is 1. The SMILES string of the molecule is Cc1cc(O)c(C2CCCC2)c2nc(Nc3ccc(N4CCCN(CC=O)CC4)cc3)ncc12. The molecule has 7 heteroatoms. The molecule has 0 unspecified atom stereocenters. The van der Waals surface area contributed by atoms with Crippen LogP contribution < -0.4 is 10.2 Å². The van der Waals surface area contributed by atoms with Crippen LogP contribution in [-0.2, 0) is 4.79 Å². The van der Waals surface area contributed by atoms with Gasteiger partial charge in [-0.05, 0) is 68.0 Å². The van der Waals surface area contributed by atoms with Crippen LogP contribution in [0.15, 0.2) is 36.5 Å².